The number of carboxylic acid groups (broad SMARTS) is 1. The average Bonchev–Trinajstić information content (AvgIpc) is 2.21. The SMILES string of the molecule is CC(C(=O)O)N(c1ccc(F)c(F)c1)S(C)(=O)=O. The summed E-state index contributed by atoms with van der Waals surface area (Å²) in [4.78, 5) is 10.8. The molecule has 1 aromatic rings. The Kier molecular flexibility index (Phi) is 3.90. The van der Waals surface area contributed by atoms with Crippen LogP contribution < -0.4 is 4.31 Å². The first-order valence-corrected chi connectivity index (χ1v) is 6.66. The topological polar surface area (TPSA) is 74.7 Å². The Morgan fingerprint density at radius 1 is 1.33 bits per heavy atom. The highest BCUT2D eigenvalue weighted by Gasteiger charge is 2.29. The molecule has 1 rings (SSSR count). The van der Waals surface area contributed by atoms with Gasteiger partial charge in [0.1, 0.15) is 6.04 Å². The molecular formula is C10H11F2NO4S. The first-order valence-electron chi connectivity index (χ1n) is 4.82. The Balaban J connectivity index is 3.36. The van der Waals surface area contributed by atoms with Gasteiger partial charge in [-0.15, -0.1) is 0 Å². The Morgan fingerprint density at radius 2 is 1.89 bits per heavy atom. The molecule has 0 aliphatic carbocycles. The monoisotopic (exact) mass is 279 g/mol. The van der Waals surface area contributed by atoms with Gasteiger partial charge >= 0.3 is 5.97 Å². The maximum atomic E-state index is 13.0. The number of benzene rings is 1. The fraction of sp³-hybridized carbons (Fsp3) is 0.300. The van der Waals surface area contributed by atoms with E-state index in [9.17, 15) is 22.0 Å². The Labute approximate surface area is 103 Å². The van der Waals surface area contributed by atoms with Crippen LogP contribution in [0.1, 0.15) is 6.92 Å². The van der Waals surface area contributed by atoms with E-state index in [1.54, 1.807) is 0 Å². The molecule has 1 unspecified atom stereocenters. The highest BCUT2D eigenvalue weighted by molar-refractivity contribution is 7.92. The zero-order valence-corrected chi connectivity index (χ0v) is 10.4. The average molecular weight is 279 g/mol. The lowest BCUT2D eigenvalue weighted by Gasteiger charge is -2.26. The molecule has 1 atom stereocenters. The summed E-state index contributed by atoms with van der Waals surface area (Å²) in [6.45, 7) is 1.13. The summed E-state index contributed by atoms with van der Waals surface area (Å²) in [7, 11) is -3.93. The zero-order chi connectivity index (χ0) is 14.1. The van der Waals surface area contributed by atoms with E-state index < -0.39 is 33.7 Å². The van der Waals surface area contributed by atoms with Crippen LogP contribution in [-0.4, -0.2) is 31.8 Å². The number of hydrogen-bond acceptors (Lipinski definition) is 3. The van der Waals surface area contributed by atoms with Crippen LogP contribution in [0.15, 0.2) is 18.2 Å². The van der Waals surface area contributed by atoms with Crippen molar-refractivity contribution in [3.8, 4) is 0 Å². The predicted molar refractivity (Wildman–Crippen MR) is 60.8 cm³/mol. The van der Waals surface area contributed by atoms with Gasteiger partial charge in [0.2, 0.25) is 10.0 Å². The molecule has 0 bridgehead atoms. The molecule has 0 saturated carbocycles. The molecule has 0 radical (unpaired) electrons. The molecule has 0 amide bonds. The number of sulfonamides is 1. The minimum atomic E-state index is -3.93. The molecule has 0 aliphatic rings. The lowest BCUT2D eigenvalue weighted by Crippen LogP contribution is -2.42. The van der Waals surface area contributed by atoms with E-state index in [0.29, 0.717) is 10.4 Å². The third kappa shape index (κ3) is 2.95. The minimum absolute atomic E-state index is 0.244. The first kappa shape index (κ1) is 14.4. The van der Waals surface area contributed by atoms with E-state index in [2.05, 4.69) is 0 Å². The third-order valence-electron chi connectivity index (χ3n) is 2.22. The molecule has 0 heterocycles. The van der Waals surface area contributed by atoms with Gasteiger partial charge in [0.05, 0.1) is 11.9 Å². The molecular weight excluding hydrogens is 268 g/mol. The maximum Gasteiger partial charge on any atom is 0.327 e. The van der Waals surface area contributed by atoms with Crippen molar-refractivity contribution in [1.29, 1.82) is 0 Å². The van der Waals surface area contributed by atoms with Crippen molar-refractivity contribution < 1.29 is 27.1 Å². The molecule has 5 nitrogen and oxygen atoms in total. The van der Waals surface area contributed by atoms with Gasteiger partial charge in [0.25, 0.3) is 0 Å². The smallest absolute Gasteiger partial charge is 0.327 e. The Hall–Kier alpha value is -1.70. The predicted octanol–water partition coefficient (Wildman–Crippen LogP) is 1.20. The van der Waals surface area contributed by atoms with Gasteiger partial charge in [0, 0.05) is 6.07 Å². The van der Waals surface area contributed by atoms with Crippen LogP contribution in [0.2, 0.25) is 0 Å². The fourth-order valence-electron chi connectivity index (χ4n) is 1.42. The number of carbonyl (C=O) groups is 1. The van der Waals surface area contributed by atoms with E-state index >= 15 is 0 Å². The molecule has 100 valence electrons. The molecule has 0 fully saturated rings. The van der Waals surface area contributed by atoms with Gasteiger partial charge in [-0.05, 0) is 19.1 Å². The summed E-state index contributed by atoms with van der Waals surface area (Å²) in [5, 5.41) is 8.83. The van der Waals surface area contributed by atoms with Crippen LogP contribution in [0.3, 0.4) is 0 Å². The number of hydrogen-bond donors (Lipinski definition) is 1. The second kappa shape index (κ2) is 4.89. The minimum Gasteiger partial charge on any atom is -0.480 e. The van der Waals surface area contributed by atoms with Gasteiger partial charge in [0.15, 0.2) is 11.6 Å². The van der Waals surface area contributed by atoms with Crippen molar-refractivity contribution >= 4 is 21.7 Å². The number of nitrogens with zero attached hydrogens (tertiary/aromatic N) is 1. The second-order valence-corrected chi connectivity index (χ2v) is 5.53. The maximum absolute atomic E-state index is 13.0. The molecule has 1 aromatic carbocycles. The summed E-state index contributed by atoms with van der Waals surface area (Å²) in [6, 6.07) is 0.941. The summed E-state index contributed by atoms with van der Waals surface area (Å²) < 4.78 is 49.4. The van der Waals surface area contributed by atoms with E-state index in [4.69, 9.17) is 5.11 Å². The number of anilines is 1. The van der Waals surface area contributed by atoms with Crippen molar-refractivity contribution in [2.75, 3.05) is 10.6 Å². The van der Waals surface area contributed by atoms with Crippen molar-refractivity contribution in [3.05, 3.63) is 29.8 Å². The molecule has 0 aliphatic heterocycles. The normalized spacial score (nSPS) is 13.1. The van der Waals surface area contributed by atoms with E-state index in [0.717, 1.165) is 25.3 Å². The van der Waals surface area contributed by atoms with Gasteiger partial charge in [-0.2, -0.15) is 0 Å². The van der Waals surface area contributed by atoms with Crippen LogP contribution in [-0.2, 0) is 14.8 Å². The standard InChI is InChI=1S/C10H11F2NO4S/c1-6(10(14)15)13(18(2,16)17)7-3-4-8(11)9(12)5-7/h3-6H,1-2H3,(H,14,15). The van der Waals surface area contributed by atoms with Crippen LogP contribution >= 0.6 is 0 Å². The first-order chi connectivity index (χ1) is 8.14. The lowest BCUT2D eigenvalue weighted by molar-refractivity contribution is -0.137. The Bertz CT molecular complexity index is 573. The summed E-state index contributed by atoms with van der Waals surface area (Å²) in [6.07, 6.45) is 0.785. The molecule has 0 spiro atoms. The van der Waals surface area contributed by atoms with Crippen LogP contribution in [0.4, 0.5) is 14.5 Å². The van der Waals surface area contributed by atoms with Gasteiger partial charge < -0.3 is 5.11 Å². The number of rotatable bonds is 4. The van der Waals surface area contributed by atoms with E-state index in [1.807, 2.05) is 0 Å². The fourth-order valence-corrected chi connectivity index (χ4v) is 2.59. The van der Waals surface area contributed by atoms with Crippen molar-refractivity contribution in [2.24, 2.45) is 0 Å². The van der Waals surface area contributed by atoms with Gasteiger partial charge in [-0.25, -0.2) is 22.0 Å². The molecule has 18 heavy (non-hydrogen) atoms. The molecule has 0 saturated heterocycles. The van der Waals surface area contributed by atoms with E-state index in [-0.39, 0.29) is 5.69 Å². The van der Waals surface area contributed by atoms with E-state index in [1.165, 1.54) is 0 Å². The number of carboxylic acids is 1. The van der Waals surface area contributed by atoms with Crippen molar-refractivity contribution in [1.82, 2.24) is 0 Å². The second-order valence-electron chi connectivity index (χ2n) is 3.67. The number of aliphatic carboxylic acids is 1. The van der Waals surface area contributed by atoms with Crippen LogP contribution in [0.25, 0.3) is 0 Å². The highest BCUT2D eigenvalue weighted by atomic mass is 32.2. The van der Waals surface area contributed by atoms with Crippen molar-refractivity contribution in [2.45, 2.75) is 13.0 Å². The summed E-state index contributed by atoms with van der Waals surface area (Å²) in [5.74, 6) is -3.79. The van der Waals surface area contributed by atoms with Crippen LogP contribution in [0, 0.1) is 11.6 Å². The van der Waals surface area contributed by atoms with Crippen molar-refractivity contribution in [3.63, 3.8) is 0 Å². The Morgan fingerprint density at radius 3 is 2.28 bits per heavy atom. The zero-order valence-electron chi connectivity index (χ0n) is 9.59. The third-order valence-corrected chi connectivity index (χ3v) is 3.47. The highest BCUT2D eigenvalue weighted by Crippen LogP contribution is 2.22. The van der Waals surface area contributed by atoms with Gasteiger partial charge in [-0.3, -0.25) is 4.31 Å². The number of halogens is 2. The quantitative estimate of drug-likeness (QED) is 0.898. The summed E-state index contributed by atoms with van der Waals surface area (Å²) in [5.41, 5.74) is -0.244. The molecule has 1 N–H and O–H groups in total. The lowest BCUT2D eigenvalue weighted by atomic mass is 10.2. The molecule has 0 aromatic heterocycles. The summed E-state index contributed by atoms with van der Waals surface area (Å²) >= 11 is 0. The van der Waals surface area contributed by atoms with Gasteiger partial charge in [-0.1, -0.05) is 0 Å². The molecule has 8 heteroatoms. The van der Waals surface area contributed by atoms with Crippen LogP contribution in [0.5, 0.6) is 0 Å². The largest absolute Gasteiger partial charge is 0.480 e.